The third-order valence-corrected chi connectivity index (χ3v) is 10.1. The molecule has 0 unspecified atom stereocenters. The van der Waals surface area contributed by atoms with E-state index in [1.54, 1.807) is 6.07 Å². The van der Waals surface area contributed by atoms with E-state index in [1.807, 2.05) is 136 Å². The van der Waals surface area contributed by atoms with Crippen LogP contribution < -0.4 is 19.5 Å². The maximum absolute atomic E-state index is 14.6. The molecular weight excluding hydrogens is 719 g/mol. The highest BCUT2D eigenvalue weighted by molar-refractivity contribution is 6.29. The van der Waals surface area contributed by atoms with Crippen LogP contribution in [0.2, 0.25) is 0 Å². The van der Waals surface area contributed by atoms with Gasteiger partial charge in [-0.3, -0.25) is 4.79 Å². The zero-order chi connectivity index (χ0) is 41.0. The number of hydrogen-bond donors (Lipinski definition) is 1. The van der Waals surface area contributed by atoms with E-state index >= 15 is 0 Å². The first-order valence-corrected chi connectivity index (χ1v) is 20.0. The van der Waals surface area contributed by atoms with Gasteiger partial charge in [-0.1, -0.05) is 139 Å². The van der Waals surface area contributed by atoms with Crippen LogP contribution in [-0.4, -0.2) is 22.7 Å². The summed E-state index contributed by atoms with van der Waals surface area (Å²) in [5.74, 6) is 2.65. The van der Waals surface area contributed by atoms with Gasteiger partial charge in [0.2, 0.25) is 0 Å². The van der Waals surface area contributed by atoms with Gasteiger partial charge in [-0.25, -0.2) is 0 Å². The molecule has 0 radical (unpaired) electrons. The molecule has 0 atom stereocenters. The van der Waals surface area contributed by atoms with Crippen LogP contribution in [0.4, 0.5) is 5.69 Å². The molecule has 8 rings (SSSR count). The molecule has 1 aliphatic rings. The molecule has 7 nitrogen and oxygen atoms in total. The molecule has 0 amide bonds. The number of hydrogen-bond acceptors (Lipinski definition) is 7. The number of rotatable bonds is 11. The molecule has 7 aromatic rings. The highest BCUT2D eigenvalue weighted by atomic mass is 16.5. The summed E-state index contributed by atoms with van der Waals surface area (Å²) in [5, 5.41) is 13.8. The van der Waals surface area contributed by atoms with Crippen LogP contribution in [-0.2, 0) is 5.41 Å². The summed E-state index contributed by atoms with van der Waals surface area (Å²) in [7, 11) is 0. The Morgan fingerprint density at radius 1 is 0.603 bits per heavy atom. The molecule has 294 valence electrons. The summed E-state index contributed by atoms with van der Waals surface area (Å²) in [6.45, 7) is 17.6. The number of fused-ring (bicyclic) bond motifs is 2. The van der Waals surface area contributed by atoms with Crippen LogP contribution in [0.1, 0.15) is 81.9 Å². The normalized spacial score (nSPS) is 12.0. The molecule has 7 heteroatoms. The largest absolute Gasteiger partial charge is 0.473 e. The average molecular weight is 770 g/mol. The van der Waals surface area contributed by atoms with Crippen molar-refractivity contribution in [2.75, 3.05) is 12.0 Å². The van der Waals surface area contributed by atoms with Crippen molar-refractivity contribution in [3.63, 3.8) is 0 Å². The van der Waals surface area contributed by atoms with Gasteiger partial charge in [0.1, 0.15) is 34.2 Å². The van der Waals surface area contributed by atoms with E-state index in [-0.39, 0.29) is 23.3 Å². The van der Waals surface area contributed by atoms with Crippen LogP contribution in [0, 0.1) is 12.3 Å². The third-order valence-electron chi connectivity index (χ3n) is 10.1. The molecule has 1 aliphatic carbocycles. The standard InChI is InChI=1S/C49H45N3O4.C2H6/c1-31-20-24-33(25-21-31)54-30-50-39-19-13-12-18-38(39)45-42-36-16-10-11-17-37(36)47(53)43-40(55-34-14-8-7-9-15-34)28-41(46(44(42)43)52-51-45)56-35-26-22-32(23-27-35)49(5,6)29-48(2,3)4;1-2/h7-28,50H,29-30H2,1-6H3;1-2H3. The highest BCUT2D eigenvalue weighted by Gasteiger charge is 2.34. The molecule has 0 aliphatic heterocycles. The van der Waals surface area contributed by atoms with Gasteiger partial charge in [-0.2, -0.15) is 0 Å². The molecule has 0 bridgehead atoms. The Morgan fingerprint density at radius 3 is 1.88 bits per heavy atom. The summed E-state index contributed by atoms with van der Waals surface area (Å²) in [5.41, 5.74) is 7.75. The monoisotopic (exact) mass is 769 g/mol. The molecule has 0 spiro atoms. The quantitative estimate of drug-likeness (QED) is 0.131. The van der Waals surface area contributed by atoms with Gasteiger partial charge in [0.15, 0.2) is 18.3 Å². The maximum Gasteiger partial charge on any atom is 0.198 e. The van der Waals surface area contributed by atoms with Gasteiger partial charge in [-0.05, 0) is 77.8 Å². The number of anilines is 1. The molecule has 58 heavy (non-hydrogen) atoms. The number of ether oxygens (including phenoxy) is 3. The molecule has 0 saturated heterocycles. The van der Waals surface area contributed by atoms with E-state index in [4.69, 9.17) is 24.4 Å². The maximum atomic E-state index is 14.6. The first kappa shape index (κ1) is 39.8. The first-order valence-electron chi connectivity index (χ1n) is 20.0. The molecule has 6 aromatic carbocycles. The lowest BCUT2D eigenvalue weighted by Crippen LogP contribution is -2.24. The van der Waals surface area contributed by atoms with Crippen LogP contribution >= 0.6 is 0 Å². The van der Waals surface area contributed by atoms with E-state index in [1.165, 1.54) is 5.56 Å². The van der Waals surface area contributed by atoms with Gasteiger partial charge in [-0.15, -0.1) is 10.2 Å². The number of nitrogens with one attached hydrogen (secondary N) is 1. The number of nitrogens with zero attached hydrogens (tertiary/aromatic N) is 2. The second kappa shape index (κ2) is 16.6. The second-order valence-electron chi connectivity index (χ2n) is 16.3. The first-order chi connectivity index (χ1) is 27.9. The number of aromatic nitrogens is 2. The number of benzene rings is 6. The third kappa shape index (κ3) is 8.30. The predicted molar refractivity (Wildman–Crippen MR) is 236 cm³/mol. The van der Waals surface area contributed by atoms with Crippen LogP contribution in [0.15, 0.2) is 133 Å². The Kier molecular flexibility index (Phi) is 11.3. The predicted octanol–water partition coefficient (Wildman–Crippen LogP) is 13.6. The Labute approximate surface area is 342 Å². The van der Waals surface area contributed by atoms with Crippen LogP contribution in [0.5, 0.6) is 28.7 Å². The van der Waals surface area contributed by atoms with E-state index in [0.717, 1.165) is 40.1 Å². The fraction of sp³-hybridized carbons (Fsp3) is 0.235. The van der Waals surface area contributed by atoms with Crippen LogP contribution in [0.3, 0.4) is 0 Å². The number of para-hydroxylation sites is 2. The molecule has 0 fully saturated rings. The van der Waals surface area contributed by atoms with Crippen LogP contribution in [0.25, 0.3) is 33.3 Å². The van der Waals surface area contributed by atoms with Crippen molar-refractivity contribution in [2.45, 2.75) is 67.2 Å². The van der Waals surface area contributed by atoms with E-state index in [2.05, 4.69) is 52.1 Å². The molecule has 0 saturated carbocycles. The summed E-state index contributed by atoms with van der Waals surface area (Å²) in [4.78, 5) is 14.6. The zero-order valence-corrected chi connectivity index (χ0v) is 34.6. The highest BCUT2D eigenvalue weighted by Crippen LogP contribution is 2.50. The van der Waals surface area contributed by atoms with Gasteiger partial charge >= 0.3 is 0 Å². The van der Waals surface area contributed by atoms with Crippen molar-refractivity contribution in [1.82, 2.24) is 10.2 Å². The second-order valence-corrected chi connectivity index (χ2v) is 16.3. The van der Waals surface area contributed by atoms with Crippen molar-refractivity contribution in [1.29, 1.82) is 0 Å². The fourth-order valence-electron chi connectivity index (χ4n) is 7.92. The number of ketones is 1. The number of carbonyl (C=O) groups excluding carboxylic acids is 1. The van der Waals surface area contributed by atoms with Gasteiger partial charge in [0.25, 0.3) is 0 Å². The lowest BCUT2D eigenvalue weighted by atomic mass is 9.72. The molecular formula is C51H51N3O4. The Bertz CT molecular complexity index is 2560. The summed E-state index contributed by atoms with van der Waals surface area (Å²) in [6.07, 6.45) is 1.03. The smallest absolute Gasteiger partial charge is 0.198 e. The Morgan fingerprint density at radius 2 is 1.19 bits per heavy atom. The molecule has 1 aromatic heterocycles. The van der Waals surface area contributed by atoms with Gasteiger partial charge in [0.05, 0.1) is 5.56 Å². The minimum atomic E-state index is -0.155. The van der Waals surface area contributed by atoms with E-state index in [9.17, 15) is 4.79 Å². The molecule has 1 N–H and O–H groups in total. The van der Waals surface area contributed by atoms with Crippen molar-refractivity contribution < 1.29 is 19.0 Å². The number of aryl methyl sites for hydroxylation is 1. The summed E-state index contributed by atoms with van der Waals surface area (Å²) >= 11 is 0. The SMILES string of the molecule is CC.Cc1ccc(OCNc2ccccc2-c2nnc3c(Oc4ccc(C(C)(C)CC(C)(C)C)cc4)cc(Oc4ccccc4)c4c3c2-c2ccccc2C4=O)cc1. The molecule has 1 heterocycles. The number of carbonyl (C=O) groups is 1. The summed E-state index contributed by atoms with van der Waals surface area (Å²) < 4.78 is 19.3. The lowest BCUT2D eigenvalue weighted by Gasteiger charge is -2.33. The van der Waals surface area contributed by atoms with Crippen molar-refractivity contribution >= 4 is 22.4 Å². The van der Waals surface area contributed by atoms with Gasteiger partial charge < -0.3 is 19.5 Å². The lowest BCUT2D eigenvalue weighted by molar-refractivity contribution is 0.103. The zero-order valence-electron chi connectivity index (χ0n) is 34.6. The fourth-order valence-corrected chi connectivity index (χ4v) is 7.92. The Balaban J connectivity index is 0.00000252. The Hall–Kier alpha value is -6.47. The van der Waals surface area contributed by atoms with Crippen molar-refractivity contribution in [3.8, 4) is 51.1 Å². The minimum Gasteiger partial charge on any atom is -0.473 e. The topological polar surface area (TPSA) is 82.6 Å². The van der Waals surface area contributed by atoms with E-state index in [0.29, 0.717) is 50.7 Å². The summed E-state index contributed by atoms with van der Waals surface area (Å²) in [6, 6.07) is 43.0. The van der Waals surface area contributed by atoms with E-state index < -0.39 is 0 Å². The van der Waals surface area contributed by atoms with Gasteiger partial charge in [0, 0.05) is 33.8 Å². The van der Waals surface area contributed by atoms with Crippen molar-refractivity contribution in [2.24, 2.45) is 5.41 Å². The van der Waals surface area contributed by atoms with Crippen molar-refractivity contribution in [3.05, 3.63) is 156 Å². The average Bonchev–Trinajstić information content (AvgIpc) is 3.21. The minimum absolute atomic E-state index is 0.0265.